The van der Waals surface area contributed by atoms with Gasteiger partial charge in [0.15, 0.2) is 0 Å². The van der Waals surface area contributed by atoms with E-state index in [1.54, 1.807) is 0 Å². The summed E-state index contributed by atoms with van der Waals surface area (Å²) >= 11 is 14.3. The molecule has 7 heteroatoms. The van der Waals surface area contributed by atoms with Crippen molar-refractivity contribution in [2.45, 2.75) is 0 Å². The molecule has 0 radical (unpaired) electrons. The summed E-state index contributed by atoms with van der Waals surface area (Å²) < 4.78 is 5.41. The van der Waals surface area contributed by atoms with Crippen molar-refractivity contribution in [3.05, 3.63) is 0 Å². The number of thiol groups is 2. The molecule has 0 aromatic heterocycles. The van der Waals surface area contributed by atoms with Crippen molar-refractivity contribution in [1.29, 1.82) is 0 Å². The van der Waals surface area contributed by atoms with Crippen LogP contribution in [0.25, 0.3) is 0 Å². The van der Waals surface area contributed by atoms with Crippen LogP contribution >= 0.6 is 25.3 Å². The molecule has 0 saturated heterocycles. The van der Waals surface area contributed by atoms with Crippen molar-refractivity contribution in [1.82, 2.24) is 0 Å². The summed E-state index contributed by atoms with van der Waals surface area (Å²) in [7, 11) is 7.65. The summed E-state index contributed by atoms with van der Waals surface area (Å²) in [5.41, 5.74) is 0. The molecule has 0 aliphatic heterocycles. The van der Waals surface area contributed by atoms with Crippen molar-refractivity contribution in [3.8, 4) is 0 Å². The molecule has 13 heavy (non-hydrogen) atoms. The minimum atomic E-state index is 0. The molecule has 0 bridgehead atoms. The molecule has 0 rings (SSSR count). The fourth-order valence-corrected chi connectivity index (χ4v) is 0. The second-order valence-electron chi connectivity index (χ2n) is 2.44. The van der Waals surface area contributed by atoms with E-state index in [1.165, 1.54) is 0 Å². The summed E-state index contributed by atoms with van der Waals surface area (Å²) in [6, 6.07) is 0. The van der Waals surface area contributed by atoms with Gasteiger partial charge in [-0.15, -0.1) is 0 Å². The zero-order valence-electron chi connectivity index (χ0n) is 8.12. The van der Waals surface area contributed by atoms with Gasteiger partial charge in [0.1, 0.15) is 28.2 Å². The Morgan fingerprint density at radius 1 is 0.846 bits per heavy atom. The fraction of sp³-hybridized carbons (Fsp3) is 0.667. The Labute approximate surface area is 113 Å². The Balaban J connectivity index is -0.000000143. The Morgan fingerprint density at radius 3 is 0.923 bits per heavy atom. The molecule has 0 aliphatic rings. The molecule has 0 N–H and O–H groups in total. The van der Waals surface area contributed by atoms with Crippen LogP contribution in [-0.4, -0.2) is 46.1 Å². The first-order valence-corrected chi connectivity index (χ1v) is 5.08. The van der Waals surface area contributed by atoms with Gasteiger partial charge >= 0.3 is 25.5 Å². The molecule has 0 aromatic carbocycles. The Morgan fingerprint density at radius 2 is 0.923 bits per heavy atom. The third kappa shape index (κ3) is 19.6. The van der Waals surface area contributed by atoms with E-state index in [9.17, 15) is 0 Å². The van der Waals surface area contributed by atoms with Gasteiger partial charge in [-0.05, 0) is 25.3 Å². The largest absolute Gasteiger partial charge is 3.00 e. The van der Waals surface area contributed by atoms with E-state index in [2.05, 4.69) is 50.5 Å². The maximum absolute atomic E-state index is 3.95. The van der Waals surface area contributed by atoms with Gasteiger partial charge in [0.05, 0.1) is 25.3 Å². The van der Waals surface area contributed by atoms with E-state index in [0.29, 0.717) is 0 Å². The Hall–Kier alpha value is 1.25. The van der Waals surface area contributed by atoms with Gasteiger partial charge < -0.3 is 0 Å². The summed E-state index contributed by atoms with van der Waals surface area (Å²) in [6.07, 6.45) is 0. The minimum Gasteiger partial charge on any atom is -0.189 e. The van der Waals surface area contributed by atoms with Gasteiger partial charge in [-0.2, -0.15) is 9.15 Å². The third-order valence-corrected chi connectivity index (χ3v) is 2.54. The van der Waals surface area contributed by atoms with Crippen molar-refractivity contribution in [2.24, 2.45) is 0 Å². The van der Waals surface area contributed by atoms with Gasteiger partial charge in [0, 0.05) is 0 Å². The summed E-state index contributed by atoms with van der Waals surface area (Å²) in [4.78, 5) is 0. The molecule has 0 fully saturated rings. The van der Waals surface area contributed by atoms with E-state index in [0.717, 1.165) is 8.75 Å². The first-order chi connectivity index (χ1) is 5.29. The van der Waals surface area contributed by atoms with Crippen molar-refractivity contribution in [2.75, 3.05) is 28.2 Å². The molecule has 0 aliphatic carbocycles. The third-order valence-electron chi connectivity index (χ3n) is 0.847. The zero-order chi connectivity index (χ0) is 10.3. The quantitative estimate of drug-likeness (QED) is 0.188. The standard InChI is InChI=1S/2C3H7NS2.Co/c2*1-4(2)3(5)6;/h2*1-2H3,(H,5,6);/q;;+3/p+4. The van der Waals surface area contributed by atoms with E-state index < -0.39 is 0 Å². The van der Waals surface area contributed by atoms with Crippen LogP contribution in [0.2, 0.25) is 0 Å². The van der Waals surface area contributed by atoms with Crippen LogP contribution in [0.4, 0.5) is 0 Å². The van der Waals surface area contributed by atoms with E-state index in [1.807, 2.05) is 37.3 Å². The molecule has 0 heterocycles. The molecular formula is C6H18CoN2S4+7. The van der Waals surface area contributed by atoms with E-state index >= 15 is 0 Å². The molecule has 0 amide bonds. The van der Waals surface area contributed by atoms with Gasteiger partial charge in [0.2, 0.25) is 0 Å². The number of nitrogens with zero attached hydrogens (tertiary/aromatic N) is 2. The van der Waals surface area contributed by atoms with Crippen molar-refractivity contribution < 1.29 is 25.9 Å². The molecule has 0 aromatic rings. The van der Waals surface area contributed by atoms with Crippen LogP contribution < -0.4 is 0 Å². The predicted molar refractivity (Wildman–Crippen MR) is 72.5 cm³/mol. The minimum absolute atomic E-state index is 0. The van der Waals surface area contributed by atoms with Crippen LogP contribution in [0.1, 0.15) is 0 Å². The summed E-state index contributed by atoms with van der Waals surface area (Å²) in [6.45, 7) is 0. The average Bonchev–Trinajstić information content (AvgIpc) is 1.88. The van der Waals surface area contributed by atoms with Crippen molar-refractivity contribution in [3.63, 3.8) is 0 Å². The maximum atomic E-state index is 3.95. The zero-order valence-corrected chi connectivity index (χ0v) is 13.0. The van der Waals surface area contributed by atoms with Crippen LogP contribution in [0.5, 0.6) is 0 Å². The molecule has 0 saturated carbocycles. The van der Waals surface area contributed by atoms with Crippen LogP contribution in [-0.2, 0) is 42.0 Å². The molecule has 0 spiro atoms. The first kappa shape index (κ1) is 19.8. The van der Waals surface area contributed by atoms with Gasteiger partial charge in [-0.1, -0.05) is 0 Å². The predicted octanol–water partition coefficient (Wildman–Crippen LogP) is -0.891. The Bertz CT molecular complexity index is 145. The Kier molecular flexibility index (Phi) is 17.2. The molecule has 78 valence electrons. The van der Waals surface area contributed by atoms with Gasteiger partial charge in [-0.3, -0.25) is 0 Å². The van der Waals surface area contributed by atoms with Gasteiger partial charge in [-0.25, -0.2) is 0 Å². The summed E-state index contributed by atoms with van der Waals surface area (Å²) in [5, 5.41) is 0. The molecular weight excluding hydrogens is 287 g/mol. The molecule has 0 unspecified atom stereocenters. The van der Waals surface area contributed by atoms with Gasteiger partial charge in [0.25, 0.3) is 0 Å². The van der Waals surface area contributed by atoms with Crippen LogP contribution in [0.3, 0.4) is 0 Å². The maximum Gasteiger partial charge on any atom is 3.00 e. The first-order valence-electron chi connectivity index (χ1n) is 3.18. The smallest absolute Gasteiger partial charge is 0.189 e. The average molecular weight is 305 g/mol. The topological polar surface area (TPSA) is 6.02 Å². The van der Waals surface area contributed by atoms with Crippen LogP contribution in [0, 0.1) is 0 Å². The van der Waals surface area contributed by atoms with E-state index in [-0.39, 0.29) is 16.8 Å². The molecule has 2 nitrogen and oxygen atoms in total. The SMILES string of the molecule is C[N+](C)=C(S)[SH2+].C[N+](C)=C(S)[SH2+].[Co+3]. The molecule has 0 atom stereocenters. The number of rotatable bonds is 0. The second-order valence-corrected chi connectivity index (χ2v) is 5.07. The van der Waals surface area contributed by atoms with Crippen LogP contribution in [0.15, 0.2) is 0 Å². The number of hydrogen-bond donors (Lipinski definition) is 2. The normalized spacial score (nSPS) is 7.38. The summed E-state index contributed by atoms with van der Waals surface area (Å²) in [5.74, 6) is 0. The fourth-order valence-electron chi connectivity index (χ4n) is 0. The second kappa shape index (κ2) is 11.3. The monoisotopic (exact) mass is 305 g/mol. The van der Waals surface area contributed by atoms with Crippen molar-refractivity contribution >= 4 is 59.3 Å². The number of hydrogen-bond acceptors (Lipinski definition) is 0. The van der Waals surface area contributed by atoms with E-state index in [4.69, 9.17) is 0 Å².